The van der Waals surface area contributed by atoms with Crippen LogP contribution in [0, 0.1) is 19.7 Å². The number of hydrogen-bond donors (Lipinski definition) is 1. The molecule has 0 amide bonds. The zero-order valence-corrected chi connectivity index (χ0v) is 13.4. The van der Waals surface area contributed by atoms with Crippen LogP contribution in [-0.2, 0) is 6.54 Å². The van der Waals surface area contributed by atoms with E-state index in [-0.39, 0.29) is 24.5 Å². The molecule has 1 aromatic carbocycles. The number of benzene rings is 1. The van der Waals surface area contributed by atoms with Crippen LogP contribution in [0.5, 0.6) is 5.75 Å². The second-order valence-electron chi connectivity index (χ2n) is 5.69. The van der Waals surface area contributed by atoms with Crippen molar-refractivity contribution in [2.75, 3.05) is 6.61 Å². The van der Waals surface area contributed by atoms with Crippen molar-refractivity contribution in [1.82, 2.24) is 14.2 Å². The summed E-state index contributed by atoms with van der Waals surface area (Å²) < 4.78 is 21.9. The first-order chi connectivity index (χ1) is 11.5. The molecule has 1 N–H and O–H groups in total. The van der Waals surface area contributed by atoms with Crippen molar-refractivity contribution in [3.63, 3.8) is 0 Å². The SMILES string of the molecule is Cc1cc2n(C[C@@H](O)COc3ccccc3F)c(C)cc(=O)n2n1. The molecule has 3 rings (SSSR count). The fourth-order valence-electron chi connectivity index (χ4n) is 2.59. The van der Waals surface area contributed by atoms with Crippen LogP contribution < -0.4 is 10.3 Å². The molecule has 7 heteroatoms. The van der Waals surface area contributed by atoms with Crippen LogP contribution >= 0.6 is 0 Å². The van der Waals surface area contributed by atoms with E-state index in [1.54, 1.807) is 36.6 Å². The van der Waals surface area contributed by atoms with Gasteiger partial charge in [0.2, 0.25) is 0 Å². The highest BCUT2D eigenvalue weighted by atomic mass is 19.1. The zero-order chi connectivity index (χ0) is 17.3. The van der Waals surface area contributed by atoms with E-state index in [4.69, 9.17) is 4.74 Å². The van der Waals surface area contributed by atoms with Gasteiger partial charge < -0.3 is 14.4 Å². The third-order valence-electron chi connectivity index (χ3n) is 3.72. The number of ether oxygens (including phenoxy) is 1. The Morgan fingerprint density at radius 1 is 1.29 bits per heavy atom. The van der Waals surface area contributed by atoms with Crippen molar-refractivity contribution in [1.29, 1.82) is 0 Å². The Balaban J connectivity index is 1.79. The van der Waals surface area contributed by atoms with Crippen LogP contribution in [0.3, 0.4) is 0 Å². The normalized spacial score (nSPS) is 12.5. The number of aliphatic hydroxyl groups excluding tert-OH is 1. The Labute approximate surface area is 137 Å². The summed E-state index contributed by atoms with van der Waals surface area (Å²) in [7, 11) is 0. The lowest BCUT2D eigenvalue weighted by Crippen LogP contribution is -2.28. The minimum Gasteiger partial charge on any atom is -0.488 e. The molecular formula is C17H18FN3O3. The lowest BCUT2D eigenvalue weighted by molar-refractivity contribution is 0.0906. The number of rotatable bonds is 5. The van der Waals surface area contributed by atoms with Crippen LogP contribution in [0.25, 0.3) is 5.65 Å². The van der Waals surface area contributed by atoms with Gasteiger partial charge in [-0.1, -0.05) is 12.1 Å². The number of aromatic nitrogens is 3. The van der Waals surface area contributed by atoms with Crippen molar-refractivity contribution in [2.45, 2.75) is 26.5 Å². The van der Waals surface area contributed by atoms with Crippen LogP contribution in [-0.4, -0.2) is 32.0 Å². The van der Waals surface area contributed by atoms with Crippen molar-refractivity contribution >= 4 is 5.65 Å². The average molecular weight is 331 g/mol. The Morgan fingerprint density at radius 2 is 2.04 bits per heavy atom. The lowest BCUT2D eigenvalue weighted by atomic mass is 10.3. The van der Waals surface area contributed by atoms with E-state index in [1.807, 2.05) is 0 Å². The lowest BCUT2D eigenvalue weighted by Gasteiger charge is -2.17. The predicted molar refractivity (Wildman–Crippen MR) is 86.8 cm³/mol. The molecule has 0 saturated heterocycles. The summed E-state index contributed by atoms with van der Waals surface area (Å²) in [4.78, 5) is 12.0. The molecule has 0 aliphatic carbocycles. The van der Waals surface area contributed by atoms with Gasteiger partial charge in [0.15, 0.2) is 11.6 Å². The van der Waals surface area contributed by atoms with Crippen LogP contribution in [0.1, 0.15) is 11.4 Å². The monoisotopic (exact) mass is 331 g/mol. The number of halogens is 1. The number of aryl methyl sites for hydroxylation is 2. The van der Waals surface area contributed by atoms with Crippen molar-refractivity contribution in [2.24, 2.45) is 0 Å². The Bertz CT molecular complexity index is 932. The second-order valence-corrected chi connectivity index (χ2v) is 5.69. The van der Waals surface area contributed by atoms with Gasteiger partial charge >= 0.3 is 0 Å². The van der Waals surface area contributed by atoms with E-state index in [2.05, 4.69) is 5.10 Å². The minimum atomic E-state index is -0.871. The highest BCUT2D eigenvalue weighted by Gasteiger charge is 2.14. The molecule has 0 aliphatic heterocycles. The summed E-state index contributed by atoms with van der Waals surface area (Å²) >= 11 is 0. The van der Waals surface area contributed by atoms with Crippen LogP contribution in [0.4, 0.5) is 4.39 Å². The fourth-order valence-corrected chi connectivity index (χ4v) is 2.59. The summed E-state index contributed by atoms with van der Waals surface area (Å²) in [6, 6.07) is 9.27. The molecule has 0 bridgehead atoms. The van der Waals surface area contributed by atoms with E-state index in [1.165, 1.54) is 22.7 Å². The fraction of sp³-hybridized carbons (Fsp3) is 0.294. The van der Waals surface area contributed by atoms with Gasteiger partial charge in [-0.05, 0) is 26.0 Å². The van der Waals surface area contributed by atoms with Gasteiger partial charge in [-0.3, -0.25) is 4.79 Å². The first kappa shape index (κ1) is 16.2. The topological polar surface area (TPSA) is 68.8 Å². The number of para-hydroxylation sites is 1. The predicted octanol–water partition coefficient (Wildman–Crippen LogP) is 1.69. The van der Waals surface area contributed by atoms with Gasteiger partial charge in [0.05, 0.1) is 12.2 Å². The maximum Gasteiger partial charge on any atom is 0.274 e. The van der Waals surface area contributed by atoms with Crippen molar-refractivity contribution in [3.8, 4) is 5.75 Å². The van der Waals surface area contributed by atoms with Crippen molar-refractivity contribution < 1.29 is 14.2 Å². The molecule has 0 saturated carbocycles. The molecule has 126 valence electrons. The summed E-state index contributed by atoms with van der Waals surface area (Å²) in [5, 5.41) is 14.4. The highest BCUT2D eigenvalue weighted by Crippen LogP contribution is 2.16. The third-order valence-corrected chi connectivity index (χ3v) is 3.72. The smallest absolute Gasteiger partial charge is 0.274 e. The molecule has 0 aliphatic rings. The number of hydrogen-bond acceptors (Lipinski definition) is 4. The minimum absolute atomic E-state index is 0.0637. The molecule has 2 aromatic heterocycles. The van der Waals surface area contributed by atoms with Crippen LogP contribution in [0.2, 0.25) is 0 Å². The van der Waals surface area contributed by atoms with Crippen molar-refractivity contribution in [3.05, 3.63) is 64.0 Å². The van der Waals surface area contributed by atoms with Gasteiger partial charge in [0.25, 0.3) is 5.56 Å². The van der Waals surface area contributed by atoms with E-state index in [0.717, 1.165) is 0 Å². The Kier molecular flexibility index (Phi) is 4.35. The van der Waals surface area contributed by atoms with E-state index < -0.39 is 11.9 Å². The Morgan fingerprint density at radius 3 is 2.79 bits per heavy atom. The largest absolute Gasteiger partial charge is 0.488 e. The van der Waals surface area contributed by atoms with Crippen LogP contribution in [0.15, 0.2) is 41.2 Å². The second kappa shape index (κ2) is 6.45. The van der Waals surface area contributed by atoms with Gasteiger partial charge in [0.1, 0.15) is 18.4 Å². The summed E-state index contributed by atoms with van der Waals surface area (Å²) in [6.45, 7) is 3.72. The van der Waals surface area contributed by atoms with Gasteiger partial charge in [-0.2, -0.15) is 9.61 Å². The standard InChI is InChI=1S/C17H18FN3O3/c1-11-7-16-20(12(2)8-17(23)21(16)19-11)9-13(22)10-24-15-6-4-3-5-14(15)18/h3-8,13,22H,9-10H2,1-2H3/t13-/m1/s1. The highest BCUT2D eigenvalue weighted by molar-refractivity contribution is 5.41. The molecule has 0 unspecified atom stereocenters. The molecule has 24 heavy (non-hydrogen) atoms. The summed E-state index contributed by atoms with van der Waals surface area (Å²) in [6.07, 6.45) is -0.871. The first-order valence-corrected chi connectivity index (χ1v) is 7.58. The molecule has 0 spiro atoms. The maximum absolute atomic E-state index is 13.5. The van der Waals surface area contributed by atoms with E-state index in [0.29, 0.717) is 17.0 Å². The molecule has 3 aromatic rings. The third kappa shape index (κ3) is 3.16. The molecular weight excluding hydrogens is 313 g/mol. The average Bonchev–Trinajstić information content (AvgIpc) is 2.93. The maximum atomic E-state index is 13.5. The zero-order valence-electron chi connectivity index (χ0n) is 13.4. The molecule has 0 radical (unpaired) electrons. The summed E-state index contributed by atoms with van der Waals surface area (Å²) in [5.41, 5.74) is 1.80. The summed E-state index contributed by atoms with van der Waals surface area (Å²) in [5.74, 6) is -0.378. The van der Waals surface area contributed by atoms with Gasteiger partial charge in [-0.15, -0.1) is 0 Å². The quantitative estimate of drug-likeness (QED) is 0.772. The van der Waals surface area contributed by atoms with Gasteiger partial charge in [-0.25, -0.2) is 4.39 Å². The molecule has 1 atom stereocenters. The first-order valence-electron chi connectivity index (χ1n) is 7.58. The number of nitrogens with zero attached hydrogens (tertiary/aromatic N) is 3. The molecule has 6 nitrogen and oxygen atoms in total. The number of aliphatic hydroxyl groups is 1. The van der Waals surface area contributed by atoms with Gasteiger partial charge in [0, 0.05) is 17.8 Å². The molecule has 0 fully saturated rings. The Hall–Kier alpha value is -2.67. The number of fused-ring (bicyclic) bond motifs is 1. The van der Waals surface area contributed by atoms with E-state index in [9.17, 15) is 14.3 Å². The molecule has 2 heterocycles. The van der Waals surface area contributed by atoms with E-state index >= 15 is 0 Å².